The second-order valence-corrected chi connectivity index (χ2v) is 7.30. The Labute approximate surface area is 150 Å². The summed E-state index contributed by atoms with van der Waals surface area (Å²) in [5.41, 5.74) is 1.79. The van der Waals surface area contributed by atoms with E-state index >= 15 is 0 Å². The van der Waals surface area contributed by atoms with Gasteiger partial charge in [-0.1, -0.05) is 24.3 Å². The minimum Gasteiger partial charge on any atom is -0.435 e. The first-order valence-corrected chi connectivity index (χ1v) is 9.47. The van der Waals surface area contributed by atoms with Crippen molar-refractivity contribution in [2.75, 3.05) is 11.0 Å². The molecule has 1 amide bonds. The van der Waals surface area contributed by atoms with Crippen molar-refractivity contribution < 1.29 is 26.7 Å². The van der Waals surface area contributed by atoms with Crippen molar-refractivity contribution in [1.29, 1.82) is 0 Å². The summed E-state index contributed by atoms with van der Waals surface area (Å²) in [6, 6.07) is 12.5. The highest BCUT2D eigenvalue weighted by Gasteiger charge is 2.07. The van der Waals surface area contributed by atoms with Crippen LogP contribution in [0.3, 0.4) is 0 Å². The van der Waals surface area contributed by atoms with Gasteiger partial charge in [0.1, 0.15) is 5.75 Å². The number of nitrogens with one attached hydrogen (secondary N) is 2. The van der Waals surface area contributed by atoms with Gasteiger partial charge in [-0.25, -0.2) is 8.42 Å². The predicted octanol–water partition coefficient (Wildman–Crippen LogP) is 2.52. The lowest BCUT2D eigenvalue weighted by Gasteiger charge is -2.09. The molecule has 0 aliphatic carbocycles. The monoisotopic (exact) mass is 384 g/mol. The van der Waals surface area contributed by atoms with E-state index in [1.807, 2.05) is 0 Å². The molecule has 140 valence electrons. The molecule has 9 heteroatoms. The van der Waals surface area contributed by atoms with Crippen LogP contribution in [-0.4, -0.2) is 27.2 Å². The number of halogens is 2. The summed E-state index contributed by atoms with van der Waals surface area (Å²) in [4.78, 5) is 12.0. The highest BCUT2D eigenvalue weighted by Crippen LogP contribution is 2.15. The SMILES string of the molecule is CS(=O)(=O)Nc1cccc(CNC(=O)Cc2ccc(OC(F)F)cc2)c1. The zero-order valence-electron chi connectivity index (χ0n) is 13.9. The first kappa shape index (κ1) is 19.6. The van der Waals surface area contributed by atoms with E-state index in [-0.39, 0.29) is 24.6 Å². The van der Waals surface area contributed by atoms with Crippen LogP contribution >= 0.6 is 0 Å². The van der Waals surface area contributed by atoms with E-state index in [0.717, 1.165) is 11.8 Å². The third kappa shape index (κ3) is 7.06. The molecule has 2 N–H and O–H groups in total. The van der Waals surface area contributed by atoms with Crippen LogP contribution < -0.4 is 14.8 Å². The van der Waals surface area contributed by atoms with Crippen molar-refractivity contribution in [2.45, 2.75) is 19.6 Å². The average molecular weight is 384 g/mol. The Kier molecular flexibility index (Phi) is 6.51. The molecule has 2 aromatic carbocycles. The summed E-state index contributed by atoms with van der Waals surface area (Å²) >= 11 is 0. The molecule has 2 aromatic rings. The van der Waals surface area contributed by atoms with Gasteiger partial charge in [0, 0.05) is 12.2 Å². The van der Waals surface area contributed by atoms with Gasteiger partial charge in [-0.15, -0.1) is 0 Å². The number of anilines is 1. The highest BCUT2D eigenvalue weighted by molar-refractivity contribution is 7.92. The van der Waals surface area contributed by atoms with E-state index in [9.17, 15) is 22.0 Å². The van der Waals surface area contributed by atoms with Gasteiger partial charge < -0.3 is 10.1 Å². The lowest BCUT2D eigenvalue weighted by molar-refractivity contribution is -0.120. The van der Waals surface area contributed by atoms with Gasteiger partial charge in [0.2, 0.25) is 15.9 Å². The lowest BCUT2D eigenvalue weighted by Crippen LogP contribution is -2.24. The van der Waals surface area contributed by atoms with Gasteiger partial charge >= 0.3 is 6.61 Å². The molecule has 0 heterocycles. The van der Waals surface area contributed by atoms with Gasteiger partial charge in [0.15, 0.2) is 0 Å². The molecule has 0 bridgehead atoms. The maximum Gasteiger partial charge on any atom is 0.387 e. The van der Waals surface area contributed by atoms with Crippen LogP contribution in [0.15, 0.2) is 48.5 Å². The summed E-state index contributed by atoms with van der Waals surface area (Å²) in [6.07, 6.45) is 1.13. The largest absolute Gasteiger partial charge is 0.435 e. The Hall–Kier alpha value is -2.68. The number of hydrogen-bond acceptors (Lipinski definition) is 4. The third-order valence-electron chi connectivity index (χ3n) is 3.23. The van der Waals surface area contributed by atoms with Crippen LogP contribution in [0.25, 0.3) is 0 Å². The molecule has 2 rings (SSSR count). The number of ether oxygens (including phenoxy) is 1. The van der Waals surface area contributed by atoms with Crippen molar-refractivity contribution in [2.24, 2.45) is 0 Å². The average Bonchev–Trinajstić information content (AvgIpc) is 2.53. The highest BCUT2D eigenvalue weighted by atomic mass is 32.2. The zero-order chi connectivity index (χ0) is 19.2. The molecular formula is C17H18F2N2O4S. The van der Waals surface area contributed by atoms with Crippen LogP contribution in [-0.2, 0) is 27.8 Å². The second-order valence-electron chi connectivity index (χ2n) is 5.55. The minimum absolute atomic E-state index is 0.0272. The van der Waals surface area contributed by atoms with Gasteiger partial charge in [0.05, 0.1) is 12.7 Å². The Morgan fingerprint density at radius 2 is 1.81 bits per heavy atom. The maximum atomic E-state index is 12.1. The third-order valence-corrected chi connectivity index (χ3v) is 3.84. The Morgan fingerprint density at radius 1 is 1.12 bits per heavy atom. The van der Waals surface area contributed by atoms with Crippen molar-refractivity contribution in [3.8, 4) is 5.75 Å². The Bertz CT molecular complexity index is 855. The van der Waals surface area contributed by atoms with Crippen molar-refractivity contribution in [3.05, 3.63) is 59.7 Å². The summed E-state index contributed by atoms with van der Waals surface area (Å²) in [7, 11) is -3.37. The van der Waals surface area contributed by atoms with Gasteiger partial charge in [-0.3, -0.25) is 9.52 Å². The molecule has 0 aliphatic heterocycles. The smallest absolute Gasteiger partial charge is 0.387 e. The van der Waals surface area contributed by atoms with E-state index in [1.165, 1.54) is 24.3 Å². The number of carbonyl (C=O) groups excluding carboxylic acids is 1. The van der Waals surface area contributed by atoms with E-state index in [4.69, 9.17) is 0 Å². The van der Waals surface area contributed by atoms with E-state index in [1.54, 1.807) is 24.3 Å². The normalized spacial score (nSPS) is 11.2. The van der Waals surface area contributed by atoms with E-state index in [0.29, 0.717) is 11.3 Å². The van der Waals surface area contributed by atoms with E-state index < -0.39 is 16.6 Å². The molecule has 0 aromatic heterocycles. The van der Waals surface area contributed by atoms with E-state index in [2.05, 4.69) is 14.8 Å². The van der Waals surface area contributed by atoms with Crippen LogP contribution in [0.2, 0.25) is 0 Å². The number of benzene rings is 2. The zero-order valence-corrected chi connectivity index (χ0v) is 14.7. The Balaban J connectivity index is 1.88. The van der Waals surface area contributed by atoms with Crippen molar-refractivity contribution >= 4 is 21.6 Å². The topological polar surface area (TPSA) is 84.5 Å². The first-order valence-electron chi connectivity index (χ1n) is 7.58. The molecule has 0 aliphatic rings. The molecule has 0 fully saturated rings. The van der Waals surface area contributed by atoms with Crippen LogP contribution in [0.5, 0.6) is 5.75 Å². The van der Waals surface area contributed by atoms with Crippen molar-refractivity contribution in [3.63, 3.8) is 0 Å². The molecular weight excluding hydrogens is 366 g/mol. The number of hydrogen-bond donors (Lipinski definition) is 2. The van der Waals surface area contributed by atoms with Crippen LogP contribution in [0, 0.1) is 0 Å². The van der Waals surface area contributed by atoms with Gasteiger partial charge in [0.25, 0.3) is 0 Å². The molecule has 0 atom stereocenters. The number of alkyl halides is 2. The quantitative estimate of drug-likeness (QED) is 0.733. The first-order chi connectivity index (χ1) is 12.2. The van der Waals surface area contributed by atoms with Gasteiger partial charge in [-0.2, -0.15) is 8.78 Å². The number of carbonyl (C=O) groups is 1. The fourth-order valence-electron chi connectivity index (χ4n) is 2.20. The fraction of sp³-hybridized carbons (Fsp3) is 0.235. The standard InChI is InChI=1S/C17H18F2N2O4S/c1-26(23,24)21-14-4-2-3-13(9-14)11-20-16(22)10-12-5-7-15(8-6-12)25-17(18)19/h2-9,17,21H,10-11H2,1H3,(H,20,22). The van der Waals surface area contributed by atoms with Crippen LogP contribution in [0.4, 0.5) is 14.5 Å². The number of sulfonamides is 1. The molecule has 0 spiro atoms. The number of amides is 1. The predicted molar refractivity (Wildman–Crippen MR) is 93.5 cm³/mol. The molecule has 26 heavy (non-hydrogen) atoms. The summed E-state index contributed by atoms with van der Waals surface area (Å²) in [6.45, 7) is -2.66. The van der Waals surface area contributed by atoms with Crippen LogP contribution in [0.1, 0.15) is 11.1 Å². The Morgan fingerprint density at radius 3 is 2.42 bits per heavy atom. The molecule has 0 saturated heterocycles. The van der Waals surface area contributed by atoms with Crippen molar-refractivity contribution in [1.82, 2.24) is 5.32 Å². The second kappa shape index (κ2) is 8.61. The fourth-order valence-corrected chi connectivity index (χ4v) is 2.75. The minimum atomic E-state index is -3.37. The number of rotatable bonds is 8. The lowest BCUT2D eigenvalue weighted by atomic mass is 10.1. The summed E-state index contributed by atoms with van der Waals surface area (Å²) in [5, 5.41) is 2.72. The van der Waals surface area contributed by atoms with Gasteiger partial charge in [-0.05, 0) is 35.4 Å². The summed E-state index contributed by atoms with van der Waals surface area (Å²) in [5.74, 6) is -0.228. The molecule has 0 radical (unpaired) electrons. The molecule has 6 nitrogen and oxygen atoms in total. The molecule has 0 saturated carbocycles. The summed E-state index contributed by atoms with van der Waals surface area (Å²) < 4.78 is 53.2. The molecule has 0 unspecified atom stereocenters. The maximum absolute atomic E-state index is 12.1.